The minimum Gasteiger partial charge on any atom is -1.00 e. The Hall–Kier alpha value is -1.66. The summed E-state index contributed by atoms with van der Waals surface area (Å²) in [6.07, 6.45) is 1.71. The van der Waals surface area contributed by atoms with Gasteiger partial charge < -0.3 is 17.3 Å². The third kappa shape index (κ3) is 4.15. The van der Waals surface area contributed by atoms with Crippen LogP contribution in [0.15, 0.2) is 39.6 Å². The molecule has 0 saturated carbocycles. The first-order chi connectivity index (χ1) is 9.65. The van der Waals surface area contributed by atoms with Gasteiger partial charge in [0.2, 0.25) is 0 Å². The fourth-order valence-corrected chi connectivity index (χ4v) is 2.21. The average Bonchev–Trinajstić information content (AvgIpc) is 2.78. The number of azo groups is 1. The van der Waals surface area contributed by atoms with E-state index in [0.29, 0.717) is 0 Å². The monoisotopic (exact) mass is 310 g/mol. The Kier molecular flexibility index (Phi) is 6.58. The molecule has 1 N–H and O–H groups in total. The van der Waals surface area contributed by atoms with Crippen molar-refractivity contribution < 1.29 is 17.4 Å². The highest BCUT2D eigenvalue weighted by Gasteiger charge is 2.26. The summed E-state index contributed by atoms with van der Waals surface area (Å²) in [5, 5.41) is 13.8. The summed E-state index contributed by atoms with van der Waals surface area (Å²) < 4.78 is 0. The maximum absolute atomic E-state index is 4.35. The zero-order valence-corrected chi connectivity index (χ0v) is 13.7. The minimum absolute atomic E-state index is 0. The largest absolute Gasteiger partial charge is 1.00 e. The first-order valence-electron chi connectivity index (χ1n) is 7.01. The van der Waals surface area contributed by atoms with Crippen LogP contribution in [0.4, 0.5) is 11.4 Å². The summed E-state index contributed by atoms with van der Waals surface area (Å²) in [6, 6.07) is 8.18. The number of benzene rings is 1. The van der Waals surface area contributed by atoms with E-state index in [-0.39, 0.29) is 18.7 Å². The van der Waals surface area contributed by atoms with E-state index in [4.69, 9.17) is 0 Å². The molecule has 0 fully saturated rings. The summed E-state index contributed by atoms with van der Waals surface area (Å²) in [4.78, 5) is 4.25. The molecule has 7 heteroatoms. The first-order valence-corrected chi connectivity index (χ1v) is 7.01. The Bertz CT molecular complexity index is 471. The lowest BCUT2D eigenvalue weighted by atomic mass is 10.2. The molecule has 0 spiro atoms. The van der Waals surface area contributed by atoms with Crippen LogP contribution in [0.3, 0.4) is 0 Å². The second-order valence-electron chi connectivity index (χ2n) is 4.83. The van der Waals surface area contributed by atoms with Crippen molar-refractivity contribution in [3.63, 3.8) is 0 Å². The van der Waals surface area contributed by atoms with Crippen LogP contribution in [0.1, 0.15) is 13.8 Å². The quantitative estimate of drug-likeness (QED) is 0.660. The number of hydrogen-bond donors (Lipinski definition) is 1. The van der Waals surface area contributed by atoms with Crippen LogP contribution in [0.2, 0.25) is 0 Å². The van der Waals surface area contributed by atoms with Crippen LogP contribution in [0.25, 0.3) is 0 Å². The lowest BCUT2D eigenvalue weighted by Crippen LogP contribution is -3.07. The molecule has 1 aromatic carbocycles. The lowest BCUT2D eigenvalue weighted by molar-refractivity contribution is -0.914. The minimum atomic E-state index is -0.0718. The SMILES string of the molecule is CCN(CC)c1ccc(N=NC2N(C)C=N[NH+]2C)cc1.[Cl-]. The van der Waals surface area contributed by atoms with E-state index in [1.165, 1.54) is 5.69 Å². The number of nitrogens with zero attached hydrogens (tertiary/aromatic N) is 5. The molecule has 1 aliphatic heterocycles. The van der Waals surface area contributed by atoms with Gasteiger partial charge in [0, 0.05) is 25.8 Å². The summed E-state index contributed by atoms with van der Waals surface area (Å²) in [7, 11) is 3.92. The van der Waals surface area contributed by atoms with Crippen LogP contribution >= 0.6 is 0 Å². The molecule has 2 rings (SSSR count). The van der Waals surface area contributed by atoms with Crippen LogP contribution < -0.4 is 22.3 Å². The van der Waals surface area contributed by atoms with Gasteiger partial charge in [0.05, 0.1) is 12.7 Å². The molecule has 6 nitrogen and oxygen atoms in total. The van der Waals surface area contributed by atoms with E-state index in [9.17, 15) is 0 Å². The number of hydrogen-bond acceptors (Lipinski definition) is 5. The Labute approximate surface area is 132 Å². The van der Waals surface area contributed by atoms with Crippen LogP contribution in [-0.4, -0.2) is 44.7 Å². The summed E-state index contributed by atoms with van der Waals surface area (Å²) in [6.45, 7) is 6.34. The van der Waals surface area contributed by atoms with Crippen LogP contribution in [-0.2, 0) is 0 Å². The third-order valence-electron chi connectivity index (χ3n) is 3.46. The molecule has 0 saturated heterocycles. The van der Waals surface area contributed by atoms with Gasteiger partial charge in [-0.3, -0.25) is 4.90 Å². The molecule has 0 amide bonds. The molecule has 116 valence electrons. The predicted octanol–water partition coefficient (Wildman–Crippen LogP) is -1.69. The van der Waals surface area contributed by atoms with E-state index in [1.54, 1.807) is 6.34 Å². The van der Waals surface area contributed by atoms with Gasteiger partial charge in [-0.2, -0.15) is 5.01 Å². The Morgan fingerprint density at radius 2 is 1.86 bits per heavy atom. The smallest absolute Gasteiger partial charge is 0.305 e. The Morgan fingerprint density at radius 3 is 2.33 bits per heavy atom. The van der Waals surface area contributed by atoms with Crippen molar-refractivity contribution in [1.29, 1.82) is 0 Å². The van der Waals surface area contributed by atoms with Gasteiger partial charge in [-0.1, -0.05) is 5.10 Å². The third-order valence-corrected chi connectivity index (χ3v) is 3.46. The number of halogens is 1. The molecule has 1 aliphatic rings. The van der Waals surface area contributed by atoms with Crippen LogP contribution in [0, 0.1) is 0 Å². The highest BCUT2D eigenvalue weighted by atomic mass is 35.5. The normalized spacial score (nSPS) is 20.9. The van der Waals surface area contributed by atoms with Gasteiger partial charge in [0.15, 0.2) is 6.34 Å². The van der Waals surface area contributed by atoms with Crippen molar-refractivity contribution in [3.8, 4) is 0 Å². The van der Waals surface area contributed by atoms with Gasteiger partial charge in [-0.15, -0.1) is 10.2 Å². The van der Waals surface area contributed by atoms with E-state index in [1.807, 2.05) is 31.1 Å². The highest BCUT2D eigenvalue weighted by Crippen LogP contribution is 2.20. The van der Waals surface area contributed by atoms with Crippen molar-refractivity contribution in [1.82, 2.24) is 4.90 Å². The molecule has 2 atom stereocenters. The maximum atomic E-state index is 4.35. The number of anilines is 1. The van der Waals surface area contributed by atoms with Gasteiger partial charge in [-0.05, 0) is 38.1 Å². The van der Waals surface area contributed by atoms with E-state index in [0.717, 1.165) is 23.8 Å². The van der Waals surface area contributed by atoms with Crippen molar-refractivity contribution >= 4 is 17.7 Å². The van der Waals surface area contributed by atoms with Crippen LogP contribution in [0.5, 0.6) is 0 Å². The first kappa shape index (κ1) is 17.4. The number of rotatable bonds is 5. The van der Waals surface area contributed by atoms with E-state index >= 15 is 0 Å². The van der Waals surface area contributed by atoms with Gasteiger partial charge in [0.1, 0.15) is 0 Å². The van der Waals surface area contributed by atoms with Gasteiger partial charge in [-0.25, -0.2) is 0 Å². The molecule has 21 heavy (non-hydrogen) atoms. The summed E-state index contributed by atoms with van der Waals surface area (Å²) in [5.74, 6) is 0. The zero-order chi connectivity index (χ0) is 14.5. The maximum Gasteiger partial charge on any atom is 0.305 e. The molecule has 1 aromatic rings. The summed E-state index contributed by atoms with van der Waals surface area (Å²) >= 11 is 0. The highest BCUT2D eigenvalue weighted by molar-refractivity contribution is 5.54. The predicted molar refractivity (Wildman–Crippen MR) is 81.4 cm³/mol. The van der Waals surface area contributed by atoms with Crippen molar-refractivity contribution in [2.24, 2.45) is 15.3 Å². The topological polar surface area (TPSA) is 48.0 Å². The van der Waals surface area contributed by atoms with Crippen molar-refractivity contribution in [3.05, 3.63) is 24.3 Å². The zero-order valence-electron chi connectivity index (χ0n) is 13.0. The second-order valence-corrected chi connectivity index (χ2v) is 4.83. The molecule has 0 aromatic heterocycles. The molecular formula is C14H23ClN6. The Morgan fingerprint density at radius 1 is 1.24 bits per heavy atom. The molecule has 1 heterocycles. The molecular weight excluding hydrogens is 288 g/mol. The fraction of sp³-hybridized carbons (Fsp3) is 0.500. The average molecular weight is 311 g/mol. The molecule has 0 radical (unpaired) electrons. The molecule has 0 aliphatic carbocycles. The van der Waals surface area contributed by atoms with Crippen molar-refractivity contribution in [2.45, 2.75) is 20.1 Å². The van der Waals surface area contributed by atoms with E-state index < -0.39 is 0 Å². The van der Waals surface area contributed by atoms with E-state index in [2.05, 4.69) is 46.2 Å². The molecule has 2 unspecified atom stereocenters. The molecule has 0 bridgehead atoms. The number of quaternary nitrogens is 1. The number of nitrogens with one attached hydrogen (secondary N) is 1. The lowest BCUT2D eigenvalue weighted by Gasteiger charge is -2.20. The standard InChI is InChI=1S/C14H22N6.ClH/c1-5-20(6-2)13-9-7-12(8-10-13)16-17-14-18(3)11-15-19(14)4;/h7-11,14H,5-6H2,1-4H3;1H. The second kappa shape index (κ2) is 7.95. The Balaban J connectivity index is 0.00000220. The van der Waals surface area contributed by atoms with Crippen molar-refractivity contribution in [2.75, 3.05) is 32.1 Å². The summed E-state index contributed by atoms with van der Waals surface area (Å²) in [5.41, 5.74) is 2.09. The fourth-order valence-electron chi connectivity index (χ4n) is 2.21. The van der Waals surface area contributed by atoms with Gasteiger partial charge >= 0.3 is 6.29 Å². The van der Waals surface area contributed by atoms with Gasteiger partial charge in [0.25, 0.3) is 0 Å².